The Balaban J connectivity index is 1.53. The molecule has 0 saturated carbocycles. The maximum atomic E-state index is 12.8. The molecule has 4 aromatic rings. The topological polar surface area (TPSA) is 95.3 Å². The monoisotopic (exact) mass is 486 g/mol. The van der Waals surface area contributed by atoms with Crippen LogP contribution in [0.4, 0.5) is 10.5 Å². The van der Waals surface area contributed by atoms with Crippen LogP contribution in [0.25, 0.3) is 16.7 Å². The first-order chi connectivity index (χ1) is 17.1. The molecule has 1 atom stereocenters. The Morgan fingerprint density at radius 3 is 2.36 bits per heavy atom. The lowest BCUT2D eigenvalue weighted by atomic mass is 9.97. The van der Waals surface area contributed by atoms with E-state index in [-0.39, 0.29) is 11.7 Å². The highest BCUT2D eigenvalue weighted by Crippen LogP contribution is 2.25. The van der Waals surface area contributed by atoms with Crippen molar-refractivity contribution in [1.82, 2.24) is 15.0 Å². The molecule has 36 heavy (non-hydrogen) atoms. The third kappa shape index (κ3) is 5.89. The van der Waals surface area contributed by atoms with Gasteiger partial charge in [-0.1, -0.05) is 38.1 Å². The number of anilines is 1. The van der Waals surface area contributed by atoms with Crippen LogP contribution in [0.15, 0.2) is 66.7 Å². The molecule has 0 aliphatic carbocycles. The highest BCUT2D eigenvalue weighted by molar-refractivity contribution is 6.05. The summed E-state index contributed by atoms with van der Waals surface area (Å²) in [7, 11) is 0. The molecule has 186 valence electrons. The van der Waals surface area contributed by atoms with Crippen molar-refractivity contribution >= 4 is 28.8 Å². The predicted molar refractivity (Wildman–Crippen MR) is 139 cm³/mol. The van der Waals surface area contributed by atoms with E-state index >= 15 is 0 Å². The lowest BCUT2D eigenvalue weighted by Gasteiger charge is -2.19. The van der Waals surface area contributed by atoms with E-state index in [1.54, 1.807) is 63.2 Å². The Morgan fingerprint density at radius 1 is 0.972 bits per heavy atom. The molecule has 8 heteroatoms. The molecule has 1 heterocycles. The van der Waals surface area contributed by atoms with E-state index in [4.69, 9.17) is 9.47 Å². The maximum Gasteiger partial charge on any atom is 0.514 e. The SMILES string of the molecule is CCC(C)c1ccc(C(=O)Nc2ccc3nn(-c4ccccc4OC(=O)OC(C)(C)C)nc3c2)cc1. The molecule has 0 fully saturated rings. The lowest BCUT2D eigenvalue weighted by Crippen LogP contribution is -2.26. The molecular weight excluding hydrogens is 456 g/mol. The fourth-order valence-corrected chi connectivity index (χ4v) is 3.57. The minimum Gasteiger partial charge on any atom is -0.428 e. The van der Waals surface area contributed by atoms with E-state index in [2.05, 4.69) is 29.4 Å². The Morgan fingerprint density at radius 2 is 1.67 bits per heavy atom. The average molecular weight is 487 g/mol. The van der Waals surface area contributed by atoms with E-state index in [0.29, 0.717) is 33.9 Å². The summed E-state index contributed by atoms with van der Waals surface area (Å²) in [5, 5.41) is 11.9. The van der Waals surface area contributed by atoms with Crippen LogP contribution in [-0.4, -0.2) is 32.7 Å². The van der Waals surface area contributed by atoms with Crippen LogP contribution in [-0.2, 0) is 4.74 Å². The van der Waals surface area contributed by atoms with Crippen LogP contribution in [0.1, 0.15) is 62.9 Å². The van der Waals surface area contributed by atoms with E-state index in [1.807, 2.05) is 24.3 Å². The van der Waals surface area contributed by atoms with E-state index in [9.17, 15) is 9.59 Å². The molecule has 0 aliphatic heterocycles. The molecule has 0 aliphatic rings. The normalized spacial score (nSPS) is 12.2. The van der Waals surface area contributed by atoms with Gasteiger partial charge in [0.2, 0.25) is 0 Å². The molecule has 3 aromatic carbocycles. The summed E-state index contributed by atoms with van der Waals surface area (Å²) in [6.45, 7) is 9.60. The number of nitrogens with one attached hydrogen (secondary N) is 1. The third-order valence-corrected chi connectivity index (χ3v) is 5.66. The number of aromatic nitrogens is 3. The molecular formula is C28H30N4O4. The zero-order valence-corrected chi connectivity index (χ0v) is 21.1. The first-order valence-electron chi connectivity index (χ1n) is 11.9. The summed E-state index contributed by atoms with van der Waals surface area (Å²) < 4.78 is 10.7. The molecule has 1 aromatic heterocycles. The predicted octanol–water partition coefficient (Wildman–Crippen LogP) is 6.50. The molecule has 1 N–H and O–H groups in total. The molecule has 0 spiro atoms. The zero-order valence-electron chi connectivity index (χ0n) is 21.1. The second-order valence-electron chi connectivity index (χ2n) is 9.61. The zero-order chi connectivity index (χ0) is 25.9. The number of para-hydroxylation sites is 2. The first kappa shape index (κ1) is 24.9. The third-order valence-electron chi connectivity index (χ3n) is 5.66. The second kappa shape index (κ2) is 10.2. The average Bonchev–Trinajstić information content (AvgIpc) is 3.26. The quantitative estimate of drug-likeness (QED) is 0.247. The largest absolute Gasteiger partial charge is 0.514 e. The summed E-state index contributed by atoms with van der Waals surface area (Å²) in [6, 6.07) is 19.9. The summed E-state index contributed by atoms with van der Waals surface area (Å²) in [4.78, 5) is 26.3. The summed E-state index contributed by atoms with van der Waals surface area (Å²) in [5.41, 5.74) is 3.39. The van der Waals surface area contributed by atoms with Gasteiger partial charge in [0.05, 0.1) is 0 Å². The fraction of sp³-hybridized carbons (Fsp3) is 0.286. The van der Waals surface area contributed by atoms with Crippen molar-refractivity contribution in [3.8, 4) is 11.4 Å². The van der Waals surface area contributed by atoms with Crippen molar-refractivity contribution < 1.29 is 19.1 Å². The van der Waals surface area contributed by atoms with Gasteiger partial charge < -0.3 is 14.8 Å². The fourth-order valence-electron chi connectivity index (χ4n) is 3.57. The van der Waals surface area contributed by atoms with Crippen molar-refractivity contribution in [2.24, 2.45) is 0 Å². The van der Waals surface area contributed by atoms with Crippen LogP contribution in [0.5, 0.6) is 5.75 Å². The van der Waals surface area contributed by atoms with Crippen LogP contribution in [0, 0.1) is 0 Å². The Hall–Kier alpha value is -4.20. The minimum absolute atomic E-state index is 0.200. The number of fused-ring (bicyclic) bond motifs is 1. The second-order valence-corrected chi connectivity index (χ2v) is 9.61. The van der Waals surface area contributed by atoms with E-state index < -0.39 is 11.8 Å². The van der Waals surface area contributed by atoms with Gasteiger partial charge in [-0.3, -0.25) is 4.79 Å². The van der Waals surface area contributed by atoms with Gasteiger partial charge in [-0.15, -0.1) is 15.0 Å². The number of rotatable bonds is 6. The van der Waals surface area contributed by atoms with Crippen LogP contribution < -0.4 is 10.1 Å². The number of ether oxygens (including phenoxy) is 2. The number of nitrogens with zero attached hydrogens (tertiary/aromatic N) is 3. The number of benzene rings is 3. The first-order valence-corrected chi connectivity index (χ1v) is 11.9. The van der Waals surface area contributed by atoms with Gasteiger partial charge in [-0.25, -0.2) is 4.79 Å². The van der Waals surface area contributed by atoms with Gasteiger partial charge in [-0.2, -0.15) is 0 Å². The van der Waals surface area contributed by atoms with Crippen LogP contribution in [0.3, 0.4) is 0 Å². The van der Waals surface area contributed by atoms with Gasteiger partial charge in [0.25, 0.3) is 5.91 Å². The number of amides is 1. The van der Waals surface area contributed by atoms with Gasteiger partial charge in [0.15, 0.2) is 5.75 Å². The highest BCUT2D eigenvalue weighted by Gasteiger charge is 2.20. The van der Waals surface area contributed by atoms with Crippen molar-refractivity contribution in [2.75, 3.05) is 5.32 Å². The number of carbonyl (C=O) groups excluding carboxylic acids is 2. The van der Waals surface area contributed by atoms with Crippen molar-refractivity contribution in [3.05, 3.63) is 77.9 Å². The minimum atomic E-state index is -0.811. The van der Waals surface area contributed by atoms with Gasteiger partial charge in [-0.05, 0) is 81.1 Å². The molecule has 0 saturated heterocycles. The molecule has 0 radical (unpaired) electrons. The van der Waals surface area contributed by atoms with Gasteiger partial charge in [0.1, 0.15) is 22.3 Å². The lowest BCUT2D eigenvalue weighted by molar-refractivity contribution is 0.0205. The standard InChI is InChI=1S/C28H30N4O4/c1-6-18(2)19-11-13-20(14-12-19)26(33)29-21-15-16-22-23(17-21)31-32(30-22)24-9-7-8-10-25(24)35-27(34)36-28(3,4)5/h7-18H,6H2,1-5H3,(H,29,33). The Labute approximate surface area is 210 Å². The van der Waals surface area contributed by atoms with Crippen LogP contribution in [0.2, 0.25) is 0 Å². The number of carbonyl (C=O) groups is 2. The summed E-state index contributed by atoms with van der Waals surface area (Å²) >= 11 is 0. The van der Waals surface area contributed by atoms with Crippen molar-refractivity contribution in [2.45, 2.75) is 52.6 Å². The van der Waals surface area contributed by atoms with Crippen molar-refractivity contribution in [1.29, 1.82) is 0 Å². The smallest absolute Gasteiger partial charge is 0.428 e. The Bertz CT molecular complexity index is 1390. The van der Waals surface area contributed by atoms with E-state index in [1.165, 1.54) is 10.4 Å². The molecule has 8 nitrogen and oxygen atoms in total. The van der Waals surface area contributed by atoms with Gasteiger partial charge >= 0.3 is 6.16 Å². The van der Waals surface area contributed by atoms with Crippen molar-refractivity contribution in [3.63, 3.8) is 0 Å². The van der Waals surface area contributed by atoms with Gasteiger partial charge in [0, 0.05) is 11.3 Å². The summed E-state index contributed by atoms with van der Waals surface area (Å²) in [5.74, 6) is 0.516. The summed E-state index contributed by atoms with van der Waals surface area (Å²) in [6.07, 6.45) is 0.234. The van der Waals surface area contributed by atoms with Crippen LogP contribution >= 0.6 is 0 Å². The number of hydrogen-bond donors (Lipinski definition) is 1. The Kier molecular flexibility index (Phi) is 7.05. The highest BCUT2D eigenvalue weighted by atomic mass is 16.7. The van der Waals surface area contributed by atoms with E-state index in [0.717, 1.165) is 6.42 Å². The molecule has 1 unspecified atom stereocenters. The molecule has 1 amide bonds. The molecule has 0 bridgehead atoms. The maximum absolute atomic E-state index is 12.8. The number of hydrogen-bond acceptors (Lipinski definition) is 6. The molecule has 4 rings (SSSR count).